The molecule has 0 N–H and O–H groups in total. The monoisotopic (exact) mass is 466 g/mol. The second kappa shape index (κ2) is 11.5. The molecule has 3 aromatic carbocycles. The molecule has 3 rings (SSSR count). The predicted molar refractivity (Wildman–Crippen MR) is 130 cm³/mol. The number of hydrogen-bond donors (Lipinski definition) is 0. The molecule has 0 aliphatic heterocycles. The third kappa shape index (κ3) is 7.09. The number of benzene rings is 3. The summed E-state index contributed by atoms with van der Waals surface area (Å²) >= 11 is 6.17. The Morgan fingerprint density at radius 3 is 2.24 bits per heavy atom. The summed E-state index contributed by atoms with van der Waals surface area (Å²) in [4.78, 5) is 24.8. The Bertz CT molecular complexity index is 1120. The molecule has 0 aliphatic rings. The second-order valence-electron chi connectivity index (χ2n) is 8.06. The maximum Gasteiger partial charge on any atom is 0.343 e. The lowest BCUT2D eigenvalue weighted by atomic mass is 10.1. The Morgan fingerprint density at radius 1 is 0.909 bits per heavy atom. The Balaban J connectivity index is 1.60. The van der Waals surface area contributed by atoms with Crippen LogP contribution in [0.25, 0.3) is 10.8 Å². The van der Waals surface area contributed by atoms with Gasteiger partial charge in [0.15, 0.2) is 0 Å². The standard InChI is InChI=1S/C27H27ClO5/c1-4-13-31-25-12-9-20-15-22(6-5-21(20)16-25)27(30)33-24-10-7-19(8-11-24)26(29)32-17-23(28)14-18(2)3/h4-12,15-16,18,23H,1,13-14,17H2,2-3H3/t23-/m0/s1. The summed E-state index contributed by atoms with van der Waals surface area (Å²) < 4.78 is 16.3. The van der Waals surface area contributed by atoms with Crippen LogP contribution >= 0.6 is 11.6 Å². The highest BCUT2D eigenvalue weighted by molar-refractivity contribution is 6.20. The Labute approximate surface area is 198 Å². The van der Waals surface area contributed by atoms with Crippen LogP contribution < -0.4 is 9.47 Å². The molecule has 1 atom stereocenters. The summed E-state index contributed by atoms with van der Waals surface area (Å²) in [6.45, 7) is 8.34. The molecule has 172 valence electrons. The molecule has 6 heteroatoms. The average molecular weight is 467 g/mol. The van der Waals surface area contributed by atoms with Crippen LogP contribution in [0.15, 0.2) is 73.3 Å². The van der Waals surface area contributed by atoms with Gasteiger partial charge in [0.2, 0.25) is 0 Å². The fourth-order valence-electron chi connectivity index (χ4n) is 3.25. The topological polar surface area (TPSA) is 61.8 Å². The summed E-state index contributed by atoms with van der Waals surface area (Å²) in [5.41, 5.74) is 0.785. The summed E-state index contributed by atoms with van der Waals surface area (Å²) in [7, 11) is 0. The summed E-state index contributed by atoms with van der Waals surface area (Å²) in [6.07, 6.45) is 2.45. The third-order valence-corrected chi connectivity index (χ3v) is 5.14. The molecule has 0 saturated heterocycles. The van der Waals surface area contributed by atoms with E-state index in [-0.39, 0.29) is 12.0 Å². The second-order valence-corrected chi connectivity index (χ2v) is 8.68. The maximum atomic E-state index is 12.6. The fraction of sp³-hybridized carbons (Fsp3) is 0.259. The van der Waals surface area contributed by atoms with Crippen molar-refractivity contribution in [1.82, 2.24) is 0 Å². The van der Waals surface area contributed by atoms with Gasteiger partial charge in [-0.3, -0.25) is 0 Å². The molecule has 0 heterocycles. The van der Waals surface area contributed by atoms with Gasteiger partial charge in [0, 0.05) is 0 Å². The first-order chi connectivity index (χ1) is 15.9. The van der Waals surface area contributed by atoms with Gasteiger partial charge in [-0.2, -0.15) is 0 Å². The van der Waals surface area contributed by atoms with E-state index in [1.54, 1.807) is 42.5 Å². The van der Waals surface area contributed by atoms with Crippen molar-refractivity contribution in [2.45, 2.75) is 25.6 Å². The molecular formula is C27H27ClO5. The van der Waals surface area contributed by atoms with E-state index in [4.69, 9.17) is 25.8 Å². The molecule has 0 fully saturated rings. The number of alkyl halides is 1. The minimum absolute atomic E-state index is 0.152. The van der Waals surface area contributed by atoms with Gasteiger partial charge in [0.25, 0.3) is 0 Å². The lowest BCUT2D eigenvalue weighted by molar-refractivity contribution is 0.0498. The molecule has 5 nitrogen and oxygen atoms in total. The predicted octanol–water partition coefficient (Wildman–Crippen LogP) is 6.43. The van der Waals surface area contributed by atoms with E-state index in [1.807, 2.05) is 24.3 Å². The molecule has 0 unspecified atom stereocenters. The SMILES string of the molecule is C=CCOc1ccc2cc(C(=O)Oc3ccc(C(=O)OC[C@@H](Cl)CC(C)C)cc3)ccc2c1. The summed E-state index contributed by atoms with van der Waals surface area (Å²) in [5, 5.41) is 1.62. The van der Waals surface area contributed by atoms with Crippen molar-refractivity contribution in [3.8, 4) is 11.5 Å². The third-order valence-electron chi connectivity index (χ3n) is 4.84. The first-order valence-corrected chi connectivity index (χ1v) is 11.2. The van der Waals surface area contributed by atoms with Gasteiger partial charge in [-0.15, -0.1) is 11.6 Å². The van der Waals surface area contributed by atoms with Crippen LogP contribution in [0, 0.1) is 5.92 Å². The van der Waals surface area contributed by atoms with Crippen molar-refractivity contribution < 1.29 is 23.8 Å². The minimum atomic E-state index is -0.488. The Morgan fingerprint density at radius 2 is 1.55 bits per heavy atom. The van der Waals surface area contributed by atoms with Crippen molar-refractivity contribution in [2.24, 2.45) is 5.92 Å². The minimum Gasteiger partial charge on any atom is -0.490 e. The zero-order valence-electron chi connectivity index (χ0n) is 18.8. The highest BCUT2D eigenvalue weighted by Crippen LogP contribution is 2.23. The van der Waals surface area contributed by atoms with Gasteiger partial charge in [0.05, 0.1) is 16.5 Å². The van der Waals surface area contributed by atoms with Gasteiger partial charge >= 0.3 is 11.9 Å². The Hall–Kier alpha value is -3.31. The normalized spacial score (nSPS) is 11.8. The van der Waals surface area contributed by atoms with Crippen LogP contribution in [-0.4, -0.2) is 30.5 Å². The smallest absolute Gasteiger partial charge is 0.343 e. The van der Waals surface area contributed by atoms with Gasteiger partial charge in [-0.05, 0) is 71.6 Å². The molecule has 3 aromatic rings. The fourth-order valence-corrected chi connectivity index (χ4v) is 3.67. The van der Waals surface area contributed by atoms with Gasteiger partial charge in [0.1, 0.15) is 24.7 Å². The Kier molecular flexibility index (Phi) is 8.50. The highest BCUT2D eigenvalue weighted by atomic mass is 35.5. The van der Waals surface area contributed by atoms with E-state index in [1.165, 1.54) is 0 Å². The molecule has 0 saturated carbocycles. The average Bonchev–Trinajstić information content (AvgIpc) is 2.80. The number of halogens is 1. The van der Waals surface area contributed by atoms with Crippen molar-refractivity contribution in [3.05, 3.63) is 84.4 Å². The van der Waals surface area contributed by atoms with Crippen LogP contribution in [-0.2, 0) is 4.74 Å². The van der Waals surface area contributed by atoms with E-state index >= 15 is 0 Å². The zero-order valence-corrected chi connectivity index (χ0v) is 19.5. The van der Waals surface area contributed by atoms with Crippen LogP contribution in [0.1, 0.15) is 41.0 Å². The van der Waals surface area contributed by atoms with Crippen LogP contribution in [0.4, 0.5) is 0 Å². The number of carbonyl (C=O) groups is 2. The number of rotatable bonds is 10. The van der Waals surface area contributed by atoms with Crippen LogP contribution in [0.2, 0.25) is 0 Å². The number of hydrogen-bond acceptors (Lipinski definition) is 5. The largest absolute Gasteiger partial charge is 0.490 e. The van der Waals surface area contributed by atoms with Crippen LogP contribution in [0.5, 0.6) is 11.5 Å². The molecule has 0 bridgehead atoms. The number of fused-ring (bicyclic) bond motifs is 1. The van der Waals surface area contributed by atoms with E-state index < -0.39 is 11.9 Å². The van der Waals surface area contributed by atoms with E-state index in [0.717, 1.165) is 22.9 Å². The van der Waals surface area contributed by atoms with Gasteiger partial charge in [-0.25, -0.2) is 9.59 Å². The lowest BCUT2D eigenvalue weighted by Crippen LogP contribution is -2.16. The van der Waals surface area contributed by atoms with Crippen molar-refractivity contribution in [1.29, 1.82) is 0 Å². The number of esters is 2. The molecule has 33 heavy (non-hydrogen) atoms. The zero-order chi connectivity index (χ0) is 23.8. The maximum absolute atomic E-state index is 12.6. The number of carbonyl (C=O) groups excluding carboxylic acids is 2. The van der Waals surface area contributed by atoms with E-state index in [0.29, 0.717) is 29.4 Å². The van der Waals surface area contributed by atoms with Crippen LogP contribution in [0.3, 0.4) is 0 Å². The molecular weight excluding hydrogens is 440 g/mol. The molecule has 0 spiro atoms. The quantitative estimate of drug-likeness (QED) is 0.149. The highest BCUT2D eigenvalue weighted by Gasteiger charge is 2.14. The summed E-state index contributed by atoms with van der Waals surface area (Å²) in [5.74, 6) is 0.542. The van der Waals surface area contributed by atoms with Crippen molar-refractivity contribution >= 4 is 34.3 Å². The van der Waals surface area contributed by atoms with Crippen molar-refractivity contribution in [2.75, 3.05) is 13.2 Å². The van der Waals surface area contributed by atoms with E-state index in [9.17, 15) is 9.59 Å². The molecule has 0 radical (unpaired) electrons. The van der Waals surface area contributed by atoms with Crippen molar-refractivity contribution in [3.63, 3.8) is 0 Å². The van der Waals surface area contributed by atoms with E-state index in [2.05, 4.69) is 20.4 Å². The number of ether oxygens (including phenoxy) is 3. The molecule has 0 aromatic heterocycles. The first kappa shape index (κ1) is 24.3. The summed E-state index contributed by atoms with van der Waals surface area (Å²) in [6, 6.07) is 17.2. The molecule has 0 aliphatic carbocycles. The lowest BCUT2D eigenvalue weighted by Gasteiger charge is -2.12. The first-order valence-electron chi connectivity index (χ1n) is 10.8. The molecule has 0 amide bonds. The van der Waals surface area contributed by atoms with Gasteiger partial charge < -0.3 is 14.2 Å². The van der Waals surface area contributed by atoms with Gasteiger partial charge in [-0.1, -0.05) is 38.6 Å².